The van der Waals surface area contributed by atoms with Crippen molar-refractivity contribution in [3.05, 3.63) is 16.7 Å². The van der Waals surface area contributed by atoms with Crippen LogP contribution in [0.15, 0.2) is 11.1 Å². The number of aliphatic hydroxyl groups is 1. The van der Waals surface area contributed by atoms with Crippen LogP contribution in [0.5, 0.6) is 0 Å². The fraction of sp³-hybridized carbons (Fsp3) is 0.444. The Morgan fingerprint density at radius 3 is 3.25 bits per heavy atom. The smallest absolute Gasteiger partial charge is 0.283 e. The molecular formula is C9H11N5O2. The fourth-order valence-corrected chi connectivity index (χ4v) is 1.98. The van der Waals surface area contributed by atoms with Gasteiger partial charge in [-0.3, -0.25) is 4.79 Å². The van der Waals surface area contributed by atoms with Gasteiger partial charge in [0.2, 0.25) is 5.95 Å². The van der Waals surface area contributed by atoms with E-state index in [-0.39, 0.29) is 11.6 Å². The number of hydrogen-bond acceptors (Lipinski definition) is 5. The number of aromatic amines is 1. The van der Waals surface area contributed by atoms with E-state index in [0.717, 1.165) is 0 Å². The molecule has 16 heavy (non-hydrogen) atoms. The van der Waals surface area contributed by atoms with Gasteiger partial charge < -0.3 is 15.4 Å². The molecular weight excluding hydrogens is 210 g/mol. The molecule has 3 N–H and O–H groups in total. The Balaban J connectivity index is 2.35. The van der Waals surface area contributed by atoms with Gasteiger partial charge in [-0.25, -0.2) is 9.55 Å². The largest absolute Gasteiger partial charge is 0.373 e. The van der Waals surface area contributed by atoms with Gasteiger partial charge in [0.1, 0.15) is 6.23 Å². The summed E-state index contributed by atoms with van der Waals surface area (Å²) >= 11 is 0. The van der Waals surface area contributed by atoms with Gasteiger partial charge in [0.05, 0.1) is 6.33 Å². The maximum atomic E-state index is 12.0. The third kappa shape index (κ3) is 1.15. The third-order valence-electron chi connectivity index (χ3n) is 2.73. The van der Waals surface area contributed by atoms with E-state index in [1.165, 1.54) is 10.9 Å². The monoisotopic (exact) mass is 221 g/mol. The molecule has 0 unspecified atom stereocenters. The standard InChI is InChI=1S/C9H11N5O2/c1-4-2-5(15)14-8(16)6-7(11-3-10-6)13-9(14)12-4/h3-5,15H,2H2,1H3,(H,10,11)(H,12,13)/t4-,5+/m1/s1. The lowest BCUT2D eigenvalue weighted by atomic mass is 10.2. The summed E-state index contributed by atoms with van der Waals surface area (Å²) in [6.45, 7) is 1.92. The molecule has 0 radical (unpaired) electrons. The van der Waals surface area contributed by atoms with Crippen LogP contribution < -0.4 is 10.9 Å². The Morgan fingerprint density at radius 2 is 2.44 bits per heavy atom. The van der Waals surface area contributed by atoms with Gasteiger partial charge in [-0.2, -0.15) is 4.98 Å². The van der Waals surface area contributed by atoms with Crippen LogP contribution in [0.2, 0.25) is 0 Å². The third-order valence-corrected chi connectivity index (χ3v) is 2.73. The number of hydrogen-bond donors (Lipinski definition) is 3. The Morgan fingerprint density at radius 1 is 1.62 bits per heavy atom. The highest BCUT2D eigenvalue weighted by Gasteiger charge is 2.25. The van der Waals surface area contributed by atoms with Gasteiger partial charge in [-0.05, 0) is 6.92 Å². The number of nitrogens with zero attached hydrogens (tertiary/aromatic N) is 3. The number of aromatic nitrogens is 4. The molecule has 0 saturated carbocycles. The van der Waals surface area contributed by atoms with Crippen molar-refractivity contribution in [3.63, 3.8) is 0 Å². The molecule has 1 aliphatic heterocycles. The molecule has 1 aliphatic rings. The summed E-state index contributed by atoms with van der Waals surface area (Å²) in [5, 5.41) is 12.9. The molecule has 0 saturated heterocycles. The van der Waals surface area contributed by atoms with E-state index in [1.807, 2.05) is 6.92 Å². The van der Waals surface area contributed by atoms with Gasteiger partial charge in [0.25, 0.3) is 5.56 Å². The van der Waals surface area contributed by atoms with Crippen molar-refractivity contribution in [3.8, 4) is 0 Å². The number of H-pyrrole nitrogens is 1. The first-order valence-corrected chi connectivity index (χ1v) is 5.07. The van der Waals surface area contributed by atoms with Gasteiger partial charge in [0, 0.05) is 12.5 Å². The summed E-state index contributed by atoms with van der Waals surface area (Å²) in [5.41, 5.74) is 0.383. The van der Waals surface area contributed by atoms with Crippen LogP contribution in [0.1, 0.15) is 19.6 Å². The highest BCUT2D eigenvalue weighted by Crippen LogP contribution is 2.22. The molecule has 0 aliphatic carbocycles. The zero-order chi connectivity index (χ0) is 11.3. The van der Waals surface area contributed by atoms with E-state index >= 15 is 0 Å². The van der Waals surface area contributed by atoms with E-state index < -0.39 is 6.23 Å². The van der Waals surface area contributed by atoms with Crippen molar-refractivity contribution in [1.82, 2.24) is 19.5 Å². The maximum Gasteiger partial charge on any atom is 0.283 e. The van der Waals surface area contributed by atoms with Gasteiger partial charge in [-0.1, -0.05) is 0 Å². The number of aliphatic hydroxyl groups excluding tert-OH is 1. The average molecular weight is 221 g/mol. The highest BCUT2D eigenvalue weighted by molar-refractivity contribution is 5.70. The molecule has 2 aromatic rings. The zero-order valence-electron chi connectivity index (χ0n) is 8.64. The van der Waals surface area contributed by atoms with Crippen LogP contribution in [0.25, 0.3) is 11.2 Å². The molecule has 7 heteroatoms. The van der Waals surface area contributed by atoms with Gasteiger partial charge >= 0.3 is 0 Å². The molecule has 7 nitrogen and oxygen atoms in total. The van der Waals surface area contributed by atoms with Gasteiger partial charge in [0.15, 0.2) is 11.2 Å². The first-order chi connectivity index (χ1) is 7.66. The SMILES string of the molecule is C[C@@H]1C[C@H](O)n2c(nc3nc[nH]c3c2=O)N1. The number of rotatable bonds is 0. The van der Waals surface area contributed by atoms with Crippen molar-refractivity contribution in [2.75, 3.05) is 5.32 Å². The van der Waals surface area contributed by atoms with Crippen molar-refractivity contribution in [2.24, 2.45) is 0 Å². The molecule has 0 spiro atoms. The second-order valence-electron chi connectivity index (χ2n) is 3.97. The topological polar surface area (TPSA) is 95.8 Å². The molecule has 0 bridgehead atoms. The summed E-state index contributed by atoms with van der Waals surface area (Å²) in [6, 6.07) is 0.0818. The molecule has 2 aromatic heterocycles. The summed E-state index contributed by atoms with van der Waals surface area (Å²) < 4.78 is 1.25. The summed E-state index contributed by atoms with van der Waals surface area (Å²) in [7, 11) is 0. The predicted octanol–water partition coefficient (Wildman–Crippen LogP) is -0.185. The number of anilines is 1. The normalized spacial score (nSPS) is 24.1. The number of imidazole rings is 1. The first-order valence-electron chi connectivity index (χ1n) is 5.07. The van der Waals surface area contributed by atoms with E-state index in [4.69, 9.17) is 0 Å². The second-order valence-corrected chi connectivity index (χ2v) is 3.97. The molecule has 3 rings (SSSR count). The lowest BCUT2D eigenvalue weighted by Gasteiger charge is -2.28. The number of nitrogens with one attached hydrogen (secondary N) is 2. The molecule has 84 valence electrons. The minimum absolute atomic E-state index is 0.0818. The van der Waals surface area contributed by atoms with Crippen molar-refractivity contribution >= 4 is 17.1 Å². The molecule has 2 atom stereocenters. The van der Waals surface area contributed by atoms with E-state index in [9.17, 15) is 9.90 Å². The van der Waals surface area contributed by atoms with Crippen molar-refractivity contribution in [1.29, 1.82) is 0 Å². The van der Waals surface area contributed by atoms with Crippen LogP contribution in [-0.2, 0) is 0 Å². The van der Waals surface area contributed by atoms with Crippen LogP contribution in [-0.4, -0.2) is 30.7 Å². The lowest BCUT2D eigenvalue weighted by Crippen LogP contribution is -2.37. The molecule has 3 heterocycles. The molecule has 0 aromatic carbocycles. The van der Waals surface area contributed by atoms with E-state index in [1.54, 1.807) is 0 Å². The fourth-order valence-electron chi connectivity index (χ4n) is 1.98. The second kappa shape index (κ2) is 3.05. The quantitative estimate of drug-likeness (QED) is 0.573. The molecule has 0 fully saturated rings. The summed E-state index contributed by atoms with van der Waals surface area (Å²) in [4.78, 5) is 22.8. The predicted molar refractivity (Wildman–Crippen MR) is 57.1 cm³/mol. The Hall–Kier alpha value is -1.89. The average Bonchev–Trinajstić information content (AvgIpc) is 2.64. The minimum atomic E-state index is -0.834. The summed E-state index contributed by atoms with van der Waals surface area (Å²) in [6.07, 6.45) is 1.06. The van der Waals surface area contributed by atoms with Crippen molar-refractivity contribution < 1.29 is 5.11 Å². The Bertz CT molecular complexity index is 601. The Kier molecular flexibility index (Phi) is 1.78. The van der Waals surface area contributed by atoms with E-state index in [2.05, 4.69) is 20.3 Å². The van der Waals surface area contributed by atoms with Crippen LogP contribution >= 0.6 is 0 Å². The first kappa shape index (κ1) is 9.34. The maximum absolute atomic E-state index is 12.0. The molecule has 0 amide bonds. The van der Waals surface area contributed by atoms with Gasteiger partial charge in [-0.15, -0.1) is 0 Å². The summed E-state index contributed by atoms with van der Waals surface area (Å²) in [5.74, 6) is 0.371. The highest BCUT2D eigenvalue weighted by atomic mass is 16.3. The lowest BCUT2D eigenvalue weighted by molar-refractivity contribution is 0.0805. The minimum Gasteiger partial charge on any atom is -0.373 e. The zero-order valence-corrected chi connectivity index (χ0v) is 8.64. The van der Waals surface area contributed by atoms with Crippen LogP contribution in [0.4, 0.5) is 5.95 Å². The Labute approximate surface area is 90.2 Å². The van der Waals surface area contributed by atoms with E-state index in [0.29, 0.717) is 23.5 Å². The number of fused-ring (bicyclic) bond motifs is 2. The van der Waals surface area contributed by atoms with Crippen LogP contribution in [0.3, 0.4) is 0 Å². The van der Waals surface area contributed by atoms with Crippen molar-refractivity contribution in [2.45, 2.75) is 25.6 Å². The van der Waals surface area contributed by atoms with Crippen LogP contribution in [0, 0.1) is 0 Å².